The second-order valence-corrected chi connectivity index (χ2v) is 19.2. The molecule has 8 rings (SSSR count). The molecule has 0 fully saturated rings. The number of tetrazole rings is 2. The minimum Gasteiger partial charge on any atom is -0.341 e. The lowest BCUT2D eigenvalue weighted by atomic mass is 9.98. The van der Waals surface area contributed by atoms with Crippen LogP contribution in [0.5, 0.6) is 0 Å². The van der Waals surface area contributed by atoms with Crippen molar-refractivity contribution < 1.29 is 18.9 Å². The first kappa shape index (κ1) is 53.9. The summed E-state index contributed by atoms with van der Waals surface area (Å²) >= 11 is 0. The van der Waals surface area contributed by atoms with Gasteiger partial charge in [0.2, 0.25) is 23.2 Å². The molecule has 0 bridgehead atoms. The number of aromatic amines is 2. The van der Waals surface area contributed by atoms with Crippen molar-refractivity contribution in [2.45, 2.75) is 164 Å². The predicted octanol–water partition coefficient (Wildman–Crippen LogP) is 10.7. The Morgan fingerprint density at radius 1 is 0.493 bits per heavy atom. The Labute approximate surface area is 429 Å². The number of hydrogen-bond donors (Lipinski definition) is 2. The number of benzene rings is 4. The van der Waals surface area contributed by atoms with Crippen LogP contribution in [0, 0.1) is 0 Å². The summed E-state index contributed by atoms with van der Waals surface area (Å²) in [5.41, 5.74) is 8.51. The topological polar surface area (TPSA) is 207 Å². The normalized spacial score (nSPS) is 12.1. The molecular weight excluding hydrogens is 921 g/mol. The Balaban J connectivity index is 0.000000214. The van der Waals surface area contributed by atoms with Crippen molar-refractivity contribution in [3.8, 4) is 45.0 Å². The molecule has 0 aliphatic carbocycles. The van der Waals surface area contributed by atoms with Gasteiger partial charge in [0.05, 0.1) is 24.4 Å². The number of H-pyrrole nitrogens is 2. The third-order valence-corrected chi connectivity index (χ3v) is 11.7. The highest BCUT2D eigenvalue weighted by atomic mass is 16.7. The van der Waals surface area contributed by atoms with Crippen LogP contribution in [0.15, 0.2) is 97.1 Å². The van der Waals surface area contributed by atoms with E-state index >= 15 is 0 Å². The van der Waals surface area contributed by atoms with Crippen molar-refractivity contribution in [2.24, 2.45) is 0 Å². The standard InChI is InChI=1S/C28H37N7O2.C27H35N7O2/c1-7-17-35-25(29-27(32-35)28(8-2,36-19(3)4)37-20(5)6)18-21-13-15-22(16-14-21)23-11-9-10-12-24(23)26-30-33-34-31-26;1-7-16-34-24(28-26(31-34)27(6,35-18(2)3)36-19(4)5)17-20-12-14-21(15-13-20)22-10-8-9-11-23(22)25-29-32-33-30-25/h9-16,19-20H,7-8,17-18H2,1-6H3,(H,30,31,33,34);8-15,18-19H,7,16-17H2,1-6H3,(H,29,30,32,33). The number of nitrogens with zero attached hydrogens (tertiary/aromatic N) is 12. The molecule has 4 aromatic carbocycles. The van der Waals surface area contributed by atoms with Gasteiger partial charge in [0, 0.05) is 43.5 Å². The first-order valence-corrected chi connectivity index (χ1v) is 25.6. The quantitative estimate of drug-likeness (QED) is 0.0572. The molecule has 0 amide bonds. The molecule has 18 nitrogen and oxygen atoms in total. The molecule has 386 valence electrons. The molecule has 0 unspecified atom stereocenters. The summed E-state index contributed by atoms with van der Waals surface area (Å²) in [5.74, 6) is 2.23. The van der Waals surface area contributed by atoms with Crippen LogP contribution in [0.25, 0.3) is 45.0 Å². The zero-order valence-electron chi connectivity index (χ0n) is 44.5. The van der Waals surface area contributed by atoms with Crippen LogP contribution >= 0.6 is 0 Å². The third-order valence-electron chi connectivity index (χ3n) is 11.7. The smallest absolute Gasteiger partial charge is 0.232 e. The number of hydrogen-bond acceptors (Lipinski definition) is 14. The number of aryl methyl sites for hydroxylation is 2. The predicted molar refractivity (Wildman–Crippen MR) is 281 cm³/mol. The number of rotatable bonds is 23. The summed E-state index contributed by atoms with van der Waals surface area (Å²) in [4.78, 5) is 9.88. The van der Waals surface area contributed by atoms with Crippen molar-refractivity contribution in [1.29, 1.82) is 0 Å². The van der Waals surface area contributed by atoms with Crippen LogP contribution in [0.1, 0.15) is 137 Å². The fraction of sp³-hybridized carbons (Fsp3) is 0.455. The van der Waals surface area contributed by atoms with Gasteiger partial charge in [-0.05, 0) is 129 Å². The molecule has 4 aromatic heterocycles. The average Bonchev–Trinajstić information content (AvgIpc) is 4.22. The van der Waals surface area contributed by atoms with Gasteiger partial charge in [-0.2, -0.15) is 10.2 Å². The van der Waals surface area contributed by atoms with Gasteiger partial charge in [-0.15, -0.1) is 10.2 Å². The number of aromatic nitrogens is 14. The highest BCUT2D eigenvalue weighted by molar-refractivity contribution is 5.81. The number of ether oxygens (including phenoxy) is 4. The highest BCUT2D eigenvalue weighted by Crippen LogP contribution is 2.35. The zero-order chi connectivity index (χ0) is 52.1. The third kappa shape index (κ3) is 13.6. The van der Waals surface area contributed by atoms with Crippen molar-refractivity contribution in [3.05, 3.63) is 131 Å². The minimum atomic E-state index is -1.01. The molecule has 2 N–H and O–H groups in total. The van der Waals surface area contributed by atoms with E-state index in [1.54, 1.807) is 0 Å². The van der Waals surface area contributed by atoms with E-state index in [-0.39, 0.29) is 24.4 Å². The Bertz CT molecular complexity index is 2890. The van der Waals surface area contributed by atoms with Gasteiger partial charge in [-0.3, -0.25) is 0 Å². The van der Waals surface area contributed by atoms with Crippen molar-refractivity contribution in [1.82, 2.24) is 70.8 Å². The van der Waals surface area contributed by atoms with Crippen molar-refractivity contribution >= 4 is 0 Å². The fourth-order valence-corrected chi connectivity index (χ4v) is 8.80. The van der Waals surface area contributed by atoms with Gasteiger partial charge < -0.3 is 18.9 Å². The maximum Gasteiger partial charge on any atom is 0.232 e. The van der Waals surface area contributed by atoms with E-state index < -0.39 is 11.6 Å². The molecule has 0 radical (unpaired) electrons. The van der Waals surface area contributed by atoms with E-state index in [4.69, 9.17) is 39.1 Å². The van der Waals surface area contributed by atoms with Crippen LogP contribution in [-0.2, 0) is 56.5 Å². The van der Waals surface area contributed by atoms with Crippen LogP contribution in [0.2, 0.25) is 0 Å². The van der Waals surface area contributed by atoms with E-state index in [0.717, 1.165) is 82.1 Å². The fourth-order valence-electron chi connectivity index (χ4n) is 8.80. The van der Waals surface area contributed by atoms with E-state index in [1.165, 1.54) is 0 Å². The Kier molecular flexibility index (Phi) is 18.3. The summed E-state index contributed by atoms with van der Waals surface area (Å²) in [6.07, 6.45) is 3.73. The van der Waals surface area contributed by atoms with Crippen LogP contribution in [0.3, 0.4) is 0 Å². The van der Waals surface area contributed by atoms with Gasteiger partial charge in [-0.1, -0.05) is 118 Å². The Morgan fingerprint density at radius 2 is 0.877 bits per heavy atom. The van der Waals surface area contributed by atoms with E-state index in [0.29, 0.717) is 42.6 Å². The lowest BCUT2D eigenvalue weighted by Crippen LogP contribution is -2.38. The van der Waals surface area contributed by atoms with Crippen LogP contribution in [0.4, 0.5) is 0 Å². The SMILES string of the molecule is CCCn1nc(C(C)(OC(C)C)OC(C)C)nc1Cc1ccc(-c2ccccc2-c2nnn[nH]2)cc1.CCCn1nc(C(CC)(OC(C)C)OC(C)C)nc1Cc1ccc(-c2ccccc2-c2nnn[nH]2)cc1. The second-order valence-electron chi connectivity index (χ2n) is 19.2. The van der Waals surface area contributed by atoms with Gasteiger partial charge >= 0.3 is 0 Å². The molecule has 0 spiro atoms. The van der Waals surface area contributed by atoms with Crippen molar-refractivity contribution in [3.63, 3.8) is 0 Å². The zero-order valence-corrected chi connectivity index (χ0v) is 44.5. The maximum atomic E-state index is 6.31. The first-order valence-electron chi connectivity index (χ1n) is 25.6. The van der Waals surface area contributed by atoms with E-state index in [9.17, 15) is 0 Å². The molecule has 18 heteroatoms. The van der Waals surface area contributed by atoms with Gasteiger partial charge in [0.25, 0.3) is 0 Å². The molecule has 0 aliphatic heterocycles. The summed E-state index contributed by atoms with van der Waals surface area (Å²) in [6, 6.07) is 33.2. The molecule has 73 heavy (non-hydrogen) atoms. The Hall–Kier alpha value is -6.86. The lowest BCUT2D eigenvalue weighted by molar-refractivity contribution is -0.284. The van der Waals surface area contributed by atoms with Crippen LogP contribution in [-0.4, -0.2) is 95.2 Å². The summed E-state index contributed by atoms with van der Waals surface area (Å²) < 4.78 is 28.9. The molecular formula is C55H72N14O4. The van der Waals surface area contributed by atoms with E-state index in [1.807, 2.05) is 108 Å². The molecule has 0 saturated heterocycles. The lowest BCUT2D eigenvalue weighted by Gasteiger charge is -2.33. The molecule has 0 saturated carbocycles. The maximum absolute atomic E-state index is 6.31. The molecule has 4 heterocycles. The number of nitrogens with one attached hydrogen (secondary N) is 2. The monoisotopic (exact) mass is 993 g/mol. The average molecular weight is 993 g/mol. The largest absolute Gasteiger partial charge is 0.341 e. The van der Waals surface area contributed by atoms with Crippen LogP contribution < -0.4 is 0 Å². The molecule has 0 aliphatic rings. The van der Waals surface area contributed by atoms with Gasteiger partial charge in [0.15, 0.2) is 11.6 Å². The minimum absolute atomic E-state index is 0.0246. The Morgan fingerprint density at radius 3 is 1.23 bits per heavy atom. The highest BCUT2D eigenvalue weighted by Gasteiger charge is 2.40. The van der Waals surface area contributed by atoms with Gasteiger partial charge in [-0.25, -0.2) is 29.5 Å². The van der Waals surface area contributed by atoms with E-state index in [2.05, 4.69) is 123 Å². The summed E-state index contributed by atoms with van der Waals surface area (Å²) in [5, 5.41) is 38.4. The molecule has 0 atom stereocenters. The van der Waals surface area contributed by atoms with Gasteiger partial charge in [0.1, 0.15) is 11.6 Å². The molecule has 8 aromatic rings. The summed E-state index contributed by atoms with van der Waals surface area (Å²) in [7, 11) is 0. The van der Waals surface area contributed by atoms with Crippen molar-refractivity contribution in [2.75, 3.05) is 0 Å². The second kappa shape index (κ2) is 24.7. The summed E-state index contributed by atoms with van der Waals surface area (Å²) in [6.45, 7) is 25.8. The first-order chi connectivity index (χ1) is 35.1.